The molecule has 0 bridgehead atoms. The van der Waals surface area contributed by atoms with Crippen molar-refractivity contribution >= 4 is 13.6 Å². The minimum atomic E-state index is -3.61. The van der Waals surface area contributed by atoms with E-state index < -0.39 is 37.5 Å². The van der Waals surface area contributed by atoms with E-state index in [0.29, 0.717) is 12.0 Å². The molecule has 1 aromatic rings. The Labute approximate surface area is 149 Å². The predicted molar refractivity (Wildman–Crippen MR) is 91.2 cm³/mol. The van der Waals surface area contributed by atoms with E-state index in [1.807, 2.05) is 0 Å². The number of aromatic nitrogens is 2. The molecule has 1 aliphatic carbocycles. The number of hydrogen-bond acceptors (Lipinski definition) is 8. The Bertz CT molecular complexity index is 843. The summed E-state index contributed by atoms with van der Waals surface area (Å²) in [7, 11) is -1.23. The molecule has 1 heterocycles. The fourth-order valence-electron chi connectivity index (χ4n) is 2.35. The quantitative estimate of drug-likeness (QED) is 0.392. The molecule has 0 amide bonds. The van der Waals surface area contributed by atoms with Crippen LogP contribution in [0.5, 0.6) is 0 Å². The number of aromatic amines is 1. The van der Waals surface area contributed by atoms with Crippen molar-refractivity contribution in [2.45, 2.75) is 25.5 Å². The molecule has 3 unspecified atom stereocenters. The molecule has 144 valence electrons. The number of nitrogens with one attached hydrogen (secondary N) is 1. The van der Waals surface area contributed by atoms with Crippen LogP contribution in [0.25, 0.3) is 0 Å². The molecule has 11 heteroatoms. The largest absolute Gasteiger partial charge is 0.467 e. The summed E-state index contributed by atoms with van der Waals surface area (Å²) in [6.07, 6.45) is 4.59. The van der Waals surface area contributed by atoms with E-state index in [4.69, 9.17) is 13.8 Å². The smallest absolute Gasteiger partial charge is 0.356 e. The molecule has 0 saturated heterocycles. The number of rotatable bonds is 8. The number of aryl methyl sites for hydroxylation is 1. The van der Waals surface area contributed by atoms with Crippen molar-refractivity contribution in [2.75, 3.05) is 27.2 Å². The molecule has 0 aliphatic heterocycles. The number of H-pyrrole nitrogens is 1. The van der Waals surface area contributed by atoms with Crippen LogP contribution >= 0.6 is 7.60 Å². The van der Waals surface area contributed by atoms with Crippen LogP contribution in [-0.4, -0.2) is 48.8 Å². The maximum absolute atomic E-state index is 12.4. The highest BCUT2D eigenvalue weighted by Gasteiger charge is 2.29. The minimum Gasteiger partial charge on any atom is -0.467 e. The lowest BCUT2D eigenvalue weighted by Crippen LogP contribution is -2.32. The molecule has 0 fully saturated rings. The summed E-state index contributed by atoms with van der Waals surface area (Å²) >= 11 is 0. The topological polar surface area (TPSA) is 126 Å². The van der Waals surface area contributed by atoms with E-state index in [1.54, 1.807) is 19.1 Å². The van der Waals surface area contributed by atoms with Crippen molar-refractivity contribution in [1.82, 2.24) is 9.55 Å². The van der Waals surface area contributed by atoms with Gasteiger partial charge in [0.1, 0.15) is 6.35 Å². The van der Waals surface area contributed by atoms with E-state index in [9.17, 15) is 18.9 Å². The zero-order chi connectivity index (χ0) is 19.3. The standard InChI is InChI=1S/C15H21N2O8P/c1-10-7-17(15(20)16-14(10)19)11-4-5-12(6-11)24-9-26(21,23-3)25-8-13(18)22-2/h4-5,7,11-12H,6,8-9H2,1-3H3,(H,16,19,20). The van der Waals surface area contributed by atoms with E-state index in [0.717, 1.165) is 0 Å². The molecule has 0 saturated carbocycles. The molecule has 2 rings (SSSR count). The maximum Gasteiger partial charge on any atom is 0.356 e. The molecule has 3 atom stereocenters. The molecule has 0 spiro atoms. The molecule has 0 radical (unpaired) electrons. The average Bonchev–Trinajstić information content (AvgIpc) is 3.09. The highest BCUT2D eigenvalue weighted by Crippen LogP contribution is 2.47. The summed E-state index contributed by atoms with van der Waals surface area (Å²) in [5.41, 5.74) is -0.521. The van der Waals surface area contributed by atoms with Gasteiger partial charge in [-0.2, -0.15) is 0 Å². The van der Waals surface area contributed by atoms with Crippen molar-refractivity contribution in [3.63, 3.8) is 0 Å². The maximum atomic E-state index is 12.4. The third kappa shape index (κ3) is 5.01. The fourth-order valence-corrected chi connectivity index (χ4v) is 3.31. The summed E-state index contributed by atoms with van der Waals surface area (Å²) < 4.78 is 33.5. The zero-order valence-corrected chi connectivity index (χ0v) is 15.6. The molecule has 0 aromatic carbocycles. The average molecular weight is 388 g/mol. The minimum absolute atomic E-state index is 0.305. The van der Waals surface area contributed by atoms with Gasteiger partial charge in [-0.1, -0.05) is 12.2 Å². The van der Waals surface area contributed by atoms with Crippen molar-refractivity contribution in [2.24, 2.45) is 0 Å². The number of carbonyl (C=O) groups is 1. The Morgan fingerprint density at radius 2 is 2.08 bits per heavy atom. The summed E-state index contributed by atoms with van der Waals surface area (Å²) in [4.78, 5) is 36.7. The van der Waals surface area contributed by atoms with Crippen LogP contribution in [-0.2, 0) is 27.9 Å². The van der Waals surface area contributed by atoms with Gasteiger partial charge in [-0.25, -0.2) is 9.59 Å². The van der Waals surface area contributed by atoms with Crippen LogP contribution in [0, 0.1) is 6.92 Å². The molecular weight excluding hydrogens is 367 g/mol. The molecule has 1 aromatic heterocycles. The lowest BCUT2D eigenvalue weighted by atomic mass is 10.2. The summed E-state index contributed by atoms with van der Waals surface area (Å²) in [6, 6.07) is -0.305. The second-order valence-corrected chi connectivity index (χ2v) is 7.75. The van der Waals surface area contributed by atoms with E-state index in [1.165, 1.54) is 25.0 Å². The highest BCUT2D eigenvalue weighted by molar-refractivity contribution is 7.53. The van der Waals surface area contributed by atoms with Crippen LogP contribution in [0.2, 0.25) is 0 Å². The van der Waals surface area contributed by atoms with Gasteiger partial charge in [0.2, 0.25) is 0 Å². The number of allylic oxidation sites excluding steroid dienone is 1. The molecule has 10 nitrogen and oxygen atoms in total. The van der Waals surface area contributed by atoms with Gasteiger partial charge in [-0.3, -0.25) is 23.4 Å². The summed E-state index contributed by atoms with van der Waals surface area (Å²) in [5, 5.41) is 0. The van der Waals surface area contributed by atoms with Crippen molar-refractivity contribution in [1.29, 1.82) is 0 Å². The van der Waals surface area contributed by atoms with Crippen molar-refractivity contribution < 1.29 is 27.9 Å². The Balaban J connectivity index is 1.95. The zero-order valence-electron chi connectivity index (χ0n) is 14.7. The highest BCUT2D eigenvalue weighted by atomic mass is 31.2. The Kier molecular flexibility index (Phi) is 6.71. The van der Waals surface area contributed by atoms with Crippen molar-refractivity contribution in [3.8, 4) is 0 Å². The van der Waals surface area contributed by atoms with Gasteiger partial charge in [0.25, 0.3) is 5.56 Å². The van der Waals surface area contributed by atoms with Gasteiger partial charge in [-0.05, 0) is 6.92 Å². The molecule has 1 aliphatic rings. The first-order valence-electron chi connectivity index (χ1n) is 7.76. The molecular formula is C15H21N2O8P. The van der Waals surface area contributed by atoms with Crippen LogP contribution in [0.15, 0.2) is 27.9 Å². The number of nitrogens with zero attached hydrogens (tertiary/aromatic N) is 1. The Morgan fingerprint density at radius 1 is 1.35 bits per heavy atom. The summed E-state index contributed by atoms with van der Waals surface area (Å²) in [5.74, 6) is -0.684. The number of carbonyl (C=O) groups excluding carboxylic acids is 1. The Hall–Kier alpha value is -2.00. The van der Waals surface area contributed by atoms with Gasteiger partial charge >= 0.3 is 19.3 Å². The van der Waals surface area contributed by atoms with Gasteiger partial charge < -0.3 is 14.0 Å². The van der Waals surface area contributed by atoms with Gasteiger partial charge in [0.15, 0.2) is 6.61 Å². The number of ether oxygens (including phenoxy) is 2. The summed E-state index contributed by atoms with van der Waals surface area (Å²) in [6.45, 7) is 1.09. The van der Waals surface area contributed by atoms with Crippen LogP contribution in [0.1, 0.15) is 18.0 Å². The van der Waals surface area contributed by atoms with E-state index >= 15 is 0 Å². The third-order valence-corrected chi connectivity index (χ3v) is 5.40. The predicted octanol–water partition coefficient (Wildman–Crippen LogP) is 0.718. The first-order chi connectivity index (χ1) is 12.3. The van der Waals surface area contributed by atoms with Crippen LogP contribution in [0.3, 0.4) is 0 Å². The van der Waals surface area contributed by atoms with Gasteiger partial charge in [-0.15, -0.1) is 0 Å². The number of hydrogen-bond donors (Lipinski definition) is 1. The molecule has 1 N–H and O–H groups in total. The lowest BCUT2D eigenvalue weighted by Gasteiger charge is -2.19. The van der Waals surface area contributed by atoms with Crippen LogP contribution in [0.4, 0.5) is 0 Å². The molecule has 26 heavy (non-hydrogen) atoms. The SMILES string of the molecule is COC(=O)COP(=O)(COC1C=CC(n2cc(C)c(=O)[nH]c2=O)C1)OC. The van der Waals surface area contributed by atoms with Crippen molar-refractivity contribution in [3.05, 3.63) is 44.8 Å². The fraction of sp³-hybridized carbons (Fsp3) is 0.533. The normalized spacial score (nSPS) is 21.5. The Morgan fingerprint density at radius 3 is 2.73 bits per heavy atom. The third-order valence-electron chi connectivity index (χ3n) is 3.86. The second kappa shape index (κ2) is 8.59. The number of methoxy groups -OCH3 is 1. The van der Waals surface area contributed by atoms with Gasteiger partial charge in [0.05, 0.1) is 19.3 Å². The first-order valence-corrected chi connectivity index (χ1v) is 9.49. The monoisotopic (exact) mass is 388 g/mol. The first kappa shape index (κ1) is 20.3. The van der Waals surface area contributed by atoms with E-state index in [2.05, 4.69) is 9.72 Å². The van der Waals surface area contributed by atoms with Gasteiger partial charge in [0, 0.05) is 25.3 Å². The number of esters is 1. The van der Waals surface area contributed by atoms with E-state index in [-0.39, 0.29) is 12.4 Å². The van der Waals surface area contributed by atoms with Crippen LogP contribution < -0.4 is 11.2 Å². The second-order valence-electron chi connectivity index (χ2n) is 5.64. The lowest BCUT2D eigenvalue weighted by molar-refractivity contribution is -0.143.